The zero-order chi connectivity index (χ0) is 21.3. The van der Waals surface area contributed by atoms with Crippen LogP contribution < -0.4 is 10.6 Å². The second-order valence-corrected chi connectivity index (χ2v) is 7.38. The highest BCUT2D eigenvalue weighted by Gasteiger charge is 2.26. The quantitative estimate of drug-likeness (QED) is 0.712. The van der Waals surface area contributed by atoms with E-state index in [2.05, 4.69) is 29.4 Å². The number of benzene rings is 2. The highest BCUT2D eigenvalue weighted by molar-refractivity contribution is 5.98. The van der Waals surface area contributed by atoms with Crippen LogP contribution in [-0.2, 0) is 0 Å². The Labute approximate surface area is 175 Å². The van der Waals surface area contributed by atoms with Crippen LogP contribution in [0.15, 0.2) is 66.7 Å². The summed E-state index contributed by atoms with van der Waals surface area (Å²) in [4.78, 5) is 28.7. The molecular formula is C23H23N5O2. The molecule has 7 nitrogen and oxygen atoms in total. The molecule has 2 N–H and O–H groups in total. The number of rotatable bonds is 5. The fourth-order valence-electron chi connectivity index (χ4n) is 3.48. The smallest absolute Gasteiger partial charge is 0.274 e. The number of amides is 2. The third-order valence-corrected chi connectivity index (χ3v) is 5.14. The van der Waals surface area contributed by atoms with Crippen molar-refractivity contribution in [2.24, 2.45) is 5.73 Å². The number of hydrogen-bond acceptors (Lipinski definition) is 4. The average molecular weight is 401 g/mol. The molecule has 1 aliphatic rings. The van der Waals surface area contributed by atoms with E-state index < -0.39 is 5.91 Å². The molecule has 1 aromatic heterocycles. The van der Waals surface area contributed by atoms with Gasteiger partial charge in [-0.05, 0) is 35.4 Å². The third-order valence-electron chi connectivity index (χ3n) is 5.14. The van der Waals surface area contributed by atoms with Crippen LogP contribution in [-0.4, -0.2) is 53.7 Å². The maximum absolute atomic E-state index is 13.0. The van der Waals surface area contributed by atoms with Crippen molar-refractivity contribution in [3.8, 4) is 5.69 Å². The molecule has 3 aromatic rings. The number of para-hydroxylation sites is 1. The number of primary amides is 1. The molecule has 0 radical (unpaired) electrons. The van der Waals surface area contributed by atoms with Crippen LogP contribution in [0.2, 0.25) is 0 Å². The molecule has 0 atom stereocenters. The number of anilines is 1. The molecule has 0 fully saturated rings. The van der Waals surface area contributed by atoms with E-state index in [1.165, 1.54) is 10.7 Å². The van der Waals surface area contributed by atoms with Crippen molar-refractivity contribution < 1.29 is 9.59 Å². The summed E-state index contributed by atoms with van der Waals surface area (Å²) in [7, 11) is 4.00. The van der Waals surface area contributed by atoms with Gasteiger partial charge in [0, 0.05) is 38.9 Å². The molecule has 1 aliphatic heterocycles. The van der Waals surface area contributed by atoms with Crippen LogP contribution >= 0.6 is 0 Å². The van der Waals surface area contributed by atoms with Crippen LogP contribution in [0.3, 0.4) is 0 Å². The average Bonchev–Trinajstić information content (AvgIpc) is 3.42. The molecule has 0 saturated heterocycles. The molecule has 0 bridgehead atoms. The lowest BCUT2D eigenvalue weighted by molar-refractivity contribution is 0.0795. The van der Waals surface area contributed by atoms with Gasteiger partial charge in [0.1, 0.15) is 5.69 Å². The first-order chi connectivity index (χ1) is 14.4. The number of nitrogens with zero attached hydrogens (tertiary/aromatic N) is 4. The largest absolute Gasteiger partial charge is 0.378 e. The maximum Gasteiger partial charge on any atom is 0.274 e. The zero-order valence-electron chi connectivity index (χ0n) is 16.9. The van der Waals surface area contributed by atoms with Crippen LogP contribution in [0.4, 0.5) is 5.69 Å². The van der Waals surface area contributed by atoms with Crippen molar-refractivity contribution in [3.63, 3.8) is 0 Å². The van der Waals surface area contributed by atoms with Gasteiger partial charge in [0.2, 0.25) is 0 Å². The Morgan fingerprint density at radius 3 is 2.37 bits per heavy atom. The van der Waals surface area contributed by atoms with Gasteiger partial charge >= 0.3 is 0 Å². The van der Waals surface area contributed by atoms with Gasteiger partial charge in [-0.3, -0.25) is 9.59 Å². The minimum absolute atomic E-state index is 0.177. The van der Waals surface area contributed by atoms with Crippen molar-refractivity contribution in [1.82, 2.24) is 14.7 Å². The van der Waals surface area contributed by atoms with Gasteiger partial charge in [0.05, 0.1) is 5.69 Å². The summed E-state index contributed by atoms with van der Waals surface area (Å²) >= 11 is 0. The van der Waals surface area contributed by atoms with Crippen LogP contribution in [0.1, 0.15) is 26.5 Å². The Hall–Kier alpha value is -3.87. The lowest BCUT2D eigenvalue weighted by Gasteiger charge is -2.16. The van der Waals surface area contributed by atoms with Gasteiger partial charge in [0.15, 0.2) is 5.69 Å². The van der Waals surface area contributed by atoms with Gasteiger partial charge in [0.25, 0.3) is 11.8 Å². The van der Waals surface area contributed by atoms with Gasteiger partial charge < -0.3 is 15.5 Å². The molecule has 4 rings (SSSR count). The lowest BCUT2D eigenvalue weighted by atomic mass is 10.1. The first kappa shape index (κ1) is 19.4. The summed E-state index contributed by atoms with van der Waals surface area (Å²) in [5.74, 6) is -0.866. The molecule has 2 amide bonds. The van der Waals surface area contributed by atoms with Crippen molar-refractivity contribution in [2.45, 2.75) is 0 Å². The van der Waals surface area contributed by atoms with Crippen LogP contribution in [0.5, 0.6) is 0 Å². The lowest BCUT2D eigenvalue weighted by Crippen LogP contribution is -2.29. The first-order valence-corrected chi connectivity index (χ1v) is 9.65. The van der Waals surface area contributed by atoms with E-state index in [1.807, 2.05) is 43.3 Å². The van der Waals surface area contributed by atoms with E-state index in [0.717, 1.165) is 16.8 Å². The Balaban J connectivity index is 1.54. The molecule has 0 unspecified atom stereocenters. The molecule has 2 heterocycles. The molecule has 30 heavy (non-hydrogen) atoms. The molecular weight excluding hydrogens is 378 g/mol. The fourth-order valence-corrected chi connectivity index (χ4v) is 3.48. The summed E-state index contributed by atoms with van der Waals surface area (Å²) in [6, 6.07) is 18.8. The van der Waals surface area contributed by atoms with E-state index in [1.54, 1.807) is 17.0 Å². The number of carbonyl (C=O) groups excluding carboxylic acids is 2. The summed E-state index contributed by atoms with van der Waals surface area (Å²) in [6.07, 6.45) is 2.05. The second-order valence-electron chi connectivity index (χ2n) is 7.38. The molecule has 152 valence electrons. The standard InChI is InChI=1S/C23H23N5O2/c1-26(2)18-10-8-16(9-11-18)17-12-13-27(15-17)23(30)20-14-21(22(24)29)28(25-20)19-6-4-3-5-7-19/h3-12,14H,13,15H2,1-2H3,(H2,24,29). The van der Waals surface area contributed by atoms with E-state index >= 15 is 0 Å². The molecule has 7 heteroatoms. The number of aromatic nitrogens is 2. The minimum atomic E-state index is -0.633. The Morgan fingerprint density at radius 1 is 1.03 bits per heavy atom. The van der Waals surface area contributed by atoms with Gasteiger partial charge in [-0.25, -0.2) is 4.68 Å². The van der Waals surface area contributed by atoms with Crippen LogP contribution in [0.25, 0.3) is 11.3 Å². The van der Waals surface area contributed by atoms with Crippen molar-refractivity contribution in [3.05, 3.63) is 83.7 Å². The van der Waals surface area contributed by atoms with E-state index in [0.29, 0.717) is 18.8 Å². The Kier molecular flexibility index (Phi) is 5.10. The fraction of sp³-hybridized carbons (Fsp3) is 0.174. The number of nitrogens with two attached hydrogens (primary N) is 1. The first-order valence-electron chi connectivity index (χ1n) is 9.65. The van der Waals surface area contributed by atoms with E-state index in [4.69, 9.17) is 5.73 Å². The number of carbonyl (C=O) groups is 2. The highest BCUT2D eigenvalue weighted by atomic mass is 16.2. The van der Waals surface area contributed by atoms with Crippen molar-refractivity contribution >= 4 is 23.1 Å². The highest BCUT2D eigenvalue weighted by Crippen LogP contribution is 2.25. The Bertz CT molecular complexity index is 1110. The SMILES string of the molecule is CN(C)c1ccc(C2=CCN(C(=O)c3cc(C(N)=O)n(-c4ccccc4)n3)C2)cc1. The zero-order valence-corrected chi connectivity index (χ0v) is 16.9. The summed E-state index contributed by atoms with van der Waals surface area (Å²) in [6.45, 7) is 0.984. The maximum atomic E-state index is 13.0. The normalized spacial score (nSPS) is 13.3. The van der Waals surface area contributed by atoms with Crippen LogP contribution in [0, 0.1) is 0 Å². The third kappa shape index (κ3) is 3.69. The number of hydrogen-bond donors (Lipinski definition) is 1. The van der Waals surface area contributed by atoms with E-state index in [-0.39, 0.29) is 17.3 Å². The molecule has 0 aliphatic carbocycles. The second kappa shape index (κ2) is 7.87. The van der Waals surface area contributed by atoms with E-state index in [9.17, 15) is 9.59 Å². The van der Waals surface area contributed by atoms with Crippen molar-refractivity contribution in [2.75, 3.05) is 32.1 Å². The molecule has 2 aromatic carbocycles. The predicted octanol–water partition coefficient (Wildman–Crippen LogP) is 2.58. The molecule has 0 spiro atoms. The monoisotopic (exact) mass is 401 g/mol. The van der Waals surface area contributed by atoms with Gasteiger partial charge in [-0.1, -0.05) is 36.4 Å². The summed E-state index contributed by atoms with van der Waals surface area (Å²) < 4.78 is 1.42. The molecule has 0 saturated carbocycles. The topological polar surface area (TPSA) is 84.5 Å². The summed E-state index contributed by atoms with van der Waals surface area (Å²) in [5.41, 5.74) is 9.86. The van der Waals surface area contributed by atoms with Gasteiger partial charge in [-0.15, -0.1) is 0 Å². The van der Waals surface area contributed by atoms with Crippen molar-refractivity contribution in [1.29, 1.82) is 0 Å². The summed E-state index contributed by atoms with van der Waals surface area (Å²) in [5, 5.41) is 4.37. The Morgan fingerprint density at radius 2 is 1.73 bits per heavy atom. The van der Waals surface area contributed by atoms with Gasteiger partial charge in [-0.2, -0.15) is 5.10 Å². The predicted molar refractivity (Wildman–Crippen MR) is 117 cm³/mol. The minimum Gasteiger partial charge on any atom is -0.378 e.